The van der Waals surface area contributed by atoms with Crippen LogP contribution >= 0.6 is 0 Å². The van der Waals surface area contributed by atoms with Crippen LogP contribution in [-0.4, -0.2) is 33.2 Å². The summed E-state index contributed by atoms with van der Waals surface area (Å²) in [5.41, 5.74) is 0.434. The van der Waals surface area contributed by atoms with Gasteiger partial charge in [0.2, 0.25) is 0 Å². The lowest BCUT2D eigenvalue weighted by Gasteiger charge is -2.16. The van der Waals surface area contributed by atoms with Crippen molar-refractivity contribution in [3.8, 4) is 11.5 Å². The minimum atomic E-state index is -1.21. The first-order chi connectivity index (χ1) is 11.0. The molecule has 0 aliphatic heterocycles. The van der Waals surface area contributed by atoms with Crippen LogP contribution in [0.4, 0.5) is 0 Å². The lowest BCUT2D eigenvalue weighted by molar-refractivity contribution is -0.139. The van der Waals surface area contributed by atoms with Crippen molar-refractivity contribution in [2.45, 2.75) is 19.1 Å². The topological polar surface area (TPSA) is 104 Å². The zero-order valence-electron chi connectivity index (χ0n) is 12.2. The molecule has 0 bridgehead atoms. The average Bonchev–Trinajstić information content (AvgIpc) is 2.53. The molecule has 0 fully saturated rings. The average molecular weight is 316 g/mol. The number of rotatable bonds is 7. The molecule has 6 nitrogen and oxygen atoms in total. The van der Waals surface area contributed by atoms with Gasteiger partial charge in [0, 0.05) is 5.56 Å². The molecule has 0 radical (unpaired) electrons. The van der Waals surface area contributed by atoms with Crippen molar-refractivity contribution >= 4 is 11.8 Å². The predicted octanol–water partition coefficient (Wildman–Crippen LogP) is 2.34. The third-order valence-corrected chi connectivity index (χ3v) is 3.27. The Bertz CT molecular complexity index is 675. The summed E-state index contributed by atoms with van der Waals surface area (Å²) in [6, 6.07) is 12.4. The fourth-order valence-electron chi connectivity index (χ4n) is 2.07. The van der Waals surface area contributed by atoms with Crippen LogP contribution in [0.2, 0.25) is 0 Å². The normalized spacial score (nSPS) is 11.8. The van der Waals surface area contributed by atoms with Crippen molar-refractivity contribution in [2.75, 3.05) is 0 Å². The molecule has 2 rings (SSSR count). The van der Waals surface area contributed by atoms with Crippen molar-refractivity contribution in [1.29, 1.82) is 0 Å². The highest BCUT2D eigenvalue weighted by Crippen LogP contribution is 2.27. The molecule has 3 N–H and O–H groups in total. The van der Waals surface area contributed by atoms with Crippen molar-refractivity contribution in [1.82, 2.24) is 0 Å². The Morgan fingerprint density at radius 1 is 0.957 bits per heavy atom. The van der Waals surface area contributed by atoms with E-state index in [0.717, 1.165) is 0 Å². The molecule has 1 atom stereocenters. The zero-order valence-corrected chi connectivity index (χ0v) is 12.2. The molecule has 2 aromatic carbocycles. The number of carboxylic acid groups (broad SMARTS) is 1. The summed E-state index contributed by atoms with van der Waals surface area (Å²) in [6.07, 6.45) is -1.73. The first kappa shape index (κ1) is 16.5. The second kappa shape index (κ2) is 7.42. The highest BCUT2D eigenvalue weighted by molar-refractivity contribution is 6.01. The molecule has 0 saturated heterocycles. The van der Waals surface area contributed by atoms with E-state index in [0.29, 0.717) is 5.56 Å². The number of ether oxygens (including phenoxy) is 1. The summed E-state index contributed by atoms with van der Waals surface area (Å²) in [7, 11) is 0. The largest absolute Gasteiger partial charge is 0.507 e. The van der Waals surface area contributed by atoms with E-state index < -0.39 is 24.3 Å². The van der Waals surface area contributed by atoms with Crippen LogP contribution < -0.4 is 0 Å². The standard InChI is InChI=1S/C17H16O6/c18-13-7-4-8-14(19)12(13)10-23-15(9-16(20)21)17(22)11-5-2-1-3-6-11/h1-8,15,18-19H,9-10H2,(H,20,21). The quantitative estimate of drug-likeness (QED) is 0.677. The maximum Gasteiger partial charge on any atom is 0.306 e. The number of hydrogen-bond donors (Lipinski definition) is 3. The number of carbonyl (C=O) groups is 2. The molecule has 0 heterocycles. The summed E-state index contributed by atoms with van der Waals surface area (Å²) in [6.45, 7) is -0.283. The van der Waals surface area contributed by atoms with Crippen LogP contribution in [0.5, 0.6) is 11.5 Å². The molecular formula is C17H16O6. The van der Waals surface area contributed by atoms with E-state index >= 15 is 0 Å². The van der Waals surface area contributed by atoms with Gasteiger partial charge in [0.1, 0.15) is 17.6 Å². The van der Waals surface area contributed by atoms with E-state index in [2.05, 4.69) is 0 Å². The number of phenols is 2. The van der Waals surface area contributed by atoms with Gasteiger partial charge in [0.05, 0.1) is 18.6 Å². The smallest absolute Gasteiger partial charge is 0.306 e. The molecule has 2 aromatic rings. The Morgan fingerprint density at radius 2 is 1.57 bits per heavy atom. The van der Waals surface area contributed by atoms with E-state index in [1.54, 1.807) is 30.3 Å². The maximum atomic E-state index is 12.4. The summed E-state index contributed by atoms with van der Waals surface area (Å²) in [4.78, 5) is 23.3. The van der Waals surface area contributed by atoms with Crippen LogP contribution in [0.3, 0.4) is 0 Å². The van der Waals surface area contributed by atoms with Gasteiger partial charge in [-0.1, -0.05) is 36.4 Å². The summed E-state index contributed by atoms with van der Waals surface area (Å²) < 4.78 is 5.37. The molecular weight excluding hydrogens is 300 g/mol. The molecule has 0 aliphatic carbocycles. The van der Waals surface area contributed by atoms with Gasteiger partial charge in [0.15, 0.2) is 5.78 Å². The SMILES string of the molecule is O=C(O)CC(OCc1c(O)cccc1O)C(=O)c1ccccc1. The van der Waals surface area contributed by atoms with Crippen molar-refractivity contribution < 1.29 is 29.6 Å². The van der Waals surface area contributed by atoms with Gasteiger partial charge in [-0.05, 0) is 12.1 Å². The maximum absolute atomic E-state index is 12.4. The minimum absolute atomic E-state index is 0.101. The number of benzene rings is 2. The third-order valence-electron chi connectivity index (χ3n) is 3.27. The molecule has 0 spiro atoms. The number of aromatic hydroxyl groups is 2. The molecule has 0 saturated carbocycles. The van der Waals surface area contributed by atoms with E-state index in [4.69, 9.17) is 9.84 Å². The number of Topliss-reactive ketones (excluding diaryl/α,β-unsaturated/α-hetero) is 1. The third kappa shape index (κ3) is 4.31. The first-order valence-corrected chi connectivity index (χ1v) is 6.91. The first-order valence-electron chi connectivity index (χ1n) is 6.91. The zero-order chi connectivity index (χ0) is 16.8. The van der Waals surface area contributed by atoms with Crippen LogP contribution in [0.1, 0.15) is 22.3 Å². The fraction of sp³-hybridized carbons (Fsp3) is 0.176. The molecule has 120 valence electrons. The molecule has 23 heavy (non-hydrogen) atoms. The number of carbonyl (C=O) groups excluding carboxylic acids is 1. The van der Waals surface area contributed by atoms with Gasteiger partial charge in [-0.25, -0.2) is 0 Å². The van der Waals surface area contributed by atoms with Crippen molar-refractivity contribution in [2.24, 2.45) is 0 Å². The van der Waals surface area contributed by atoms with Gasteiger partial charge >= 0.3 is 5.97 Å². The van der Waals surface area contributed by atoms with E-state index in [9.17, 15) is 19.8 Å². The van der Waals surface area contributed by atoms with Crippen molar-refractivity contribution in [3.05, 3.63) is 59.7 Å². The van der Waals surface area contributed by atoms with Crippen molar-refractivity contribution in [3.63, 3.8) is 0 Å². The lowest BCUT2D eigenvalue weighted by Crippen LogP contribution is -2.27. The van der Waals surface area contributed by atoms with E-state index in [1.807, 2.05) is 0 Å². The molecule has 0 aliphatic rings. The van der Waals surface area contributed by atoms with Crippen LogP contribution in [0.15, 0.2) is 48.5 Å². The second-order valence-corrected chi connectivity index (χ2v) is 4.90. The number of phenolic OH excluding ortho intramolecular Hbond substituents is 2. The van der Waals surface area contributed by atoms with Gasteiger partial charge in [-0.2, -0.15) is 0 Å². The number of aliphatic carboxylic acids is 1. The number of hydrogen-bond acceptors (Lipinski definition) is 5. The Balaban J connectivity index is 2.16. The van der Waals surface area contributed by atoms with Gasteiger partial charge < -0.3 is 20.1 Å². The van der Waals surface area contributed by atoms with E-state index in [-0.39, 0.29) is 23.7 Å². The monoisotopic (exact) mass is 316 g/mol. The summed E-state index contributed by atoms with van der Waals surface area (Å²) in [5, 5.41) is 28.4. The van der Waals surface area contributed by atoms with Crippen LogP contribution in [-0.2, 0) is 16.1 Å². The van der Waals surface area contributed by atoms with Gasteiger partial charge in [-0.15, -0.1) is 0 Å². The Morgan fingerprint density at radius 3 is 2.13 bits per heavy atom. The van der Waals surface area contributed by atoms with E-state index in [1.165, 1.54) is 18.2 Å². The van der Waals surface area contributed by atoms with Crippen LogP contribution in [0.25, 0.3) is 0 Å². The lowest BCUT2D eigenvalue weighted by atomic mass is 10.0. The predicted molar refractivity (Wildman–Crippen MR) is 81.4 cm³/mol. The summed E-state index contributed by atoms with van der Waals surface area (Å²) in [5.74, 6) is -2.03. The Kier molecular flexibility index (Phi) is 5.32. The second-order valence-electron chi connectivity index (χ2n) is 4.90. The Hall–Kier alpha value is -2.86. The molecule has 1 unspecified atom stereocenters. The molecule has 0 amide bonds. The highest BCUT2D eigenvalue weighted by atomic mass is 16.5. The molecule has 6 heteroatoms. The van der Waals surface area contributed by atoms with Crippen LogP contribution in [0, 0.1) is 0 Å². The molecule has 0 aromatic heterocycles. The fourth-order valence-corrected chi connectivity index (χ4v) is 2.07. The minimum Gasteiger partial charge on any atom is -0.507 e. The highest BCUT2D eigenvalue weighted by Gasteiger charge is 2.24. The van der Waals surface area contributed by atoms with Gasteiger partial charge in [-0.3, -0.25) is 9.59 Å². The number of carboxylic acids is 1. The Labute approximate surface area is 132 Å². The summed E-state index contributed by atoms with van der Waals surface area (Å²) >= 11 is 0. The number of ketones is 1. The van der Waals surface area contributed by atoms with Gasteiger partial charge in [0.25, 0.3) is 0 Å².